The molecule has 0 bridgehead atoms. The second kappa shape index (κ2) is 6.67. The molecule has 1 saturated heterocycles. The predicted molar refractivity (Wildman–Crippen MR) is 75.0 cm³/mol. The van der Waals surface area contributed by atoms with Crippen LogP contribution < -0.4 is 15.8 Å². The van der Waals surface area contributed by atoms with Gasteiger partial charge in [0.1, 0.15) is 0 Å². The minimum atomic E-state index is -3.33. The van der Waals surface area contributed by atoms with Crippen LogP contribution in [0, 0.1) is 11.3 Å². The number of nitrogens with one attached hydrogen (secondary N) is 2. The van der Waals surface area contributed by atoms with E-state index in [1.54, 1.807) is 13.8 Å². The Morgan fingerprint density at radius 2 is 1.95 bits per heavy atom. The van der Waals surface area contributed by atoms with E-state index in [2.05, 4.69) is 10.0 Å². The standard InChI is InChI=1S/C12H25N3O3S/c1-12(2,11(13)16)9-15-19(17,18)8-5-10-3-6-14-7-4-10/h10,14-15H,3-9H2,1-2H3,(H2,13,16). The van der Waals surface area contributed by atoms with Crippen molar-refractivity contribution < 1.29 is 13.2 Å². The molecule has 112 valence electrons. The van der Waals surface area contributed by atoms with Gasteiger partial charge in [-0.25, -0.2) is 13.1 Å². The Morgan fingerprint density at radius 3 is 2.47 bits per heavy atom. The highest BCUT2D eigenvalue weighted by Gasteiger charge is 2.27. The molecule has 0 aromatic carbocycles. The minimum Gasteiger partial charge on any atom is -0.369 e. The van der Waals surface area contributed by atoms with Gasteiger partial charge in [0.05, 0.1) is 11.2 Å². The maximum absolute atomic E-state index is 11.9. The maximum Gasteiger partial charge on any atom is 0.224 e. The first-order valence-corrected chi connectivity index (χ1v) is 8.36. The van der Waals surface area contributed by atoms with Gasteiger partial charge < -0.3 is 11.1 Å². The number of hydrogen-bond acceptors (Lipinski definition) is 4. The summed E-state index contributed by atoms with van der Waals surface area (Å²) in [5.41, 5.74) is 4.35. The van der Waals surface area contributed by atoms with Crippen LogP contribution in [0.2, 0.25) is 0 Å². The van der Waals surface area contributed by atoms with Gasteiger partial charge >= 0.3 is 0 Å². The average molecular weight is 291 g/mol. The molecule has 0 aliphatic carbocycles. The molecule has 0 spiro atoms. The van der Waals surface area contributed by atoms with Crippen molar-refractivity contribution >= 4 is 15.9 Å². The molecule has 1 aliphatic rings. The van der Waals surface area contributed by atoms with Crippen molar-refractivity contribution in [2.75, 3.05) is 25.4 Å². The summed E-state index contributed by atoms with van der Waals surface area (Å²) in [6.45, 7) is 5.24. The third-order valence-electron chi connectivity index (χ3n) is 3.65. The SMILES string of the molecule is CC(C)(CNS(=O)(=O)CCC1CCNCC1)C(N)=O. The van der Waals surface area contributed by atoms with Crippen molar-refractivity contribution in [3.05, 3.63) is 0 Å². The van der Waals surface area contributed by atoms with Crippen LogP contribution in [0.3, 0.4) is 0 Å². The molecule has 6 nitrogen and oxygen atoms in total. The molecule has 0 unspecified atom stereocenters. The van der Waals surface area contributed by atoms with Crippen LogP contribution in [-0.4, -0.2) is 39.7 Å². The second-order valence-electron chi connectivity index (χ2n) is 5.87. The molecule has 1 fully saturated rings. The van der Waals surface area contributed by atoms with Crippen molar-refractivity contribution in [1.29, 1.82) is 0 Å². The van der Waals surface area contributed by atoms with Crippen molar-refractivity contribution in [2.24, 2.45) is 17.1 Å². The normalized spacial score (nSPS) is 18.4. The molecule has 19 heavy (non-hydrogen) atoms. The average Bonchev–Trinajstić information content (AvgIpc) is 2.36. The number of amides is 1. The van der Waals surface area contributed by atoms with E-state index >= 15 is 0 Å². The van der Waals surface area contributed by atoms with Gasteiger partial charge in [0, 0.05) is 6.54 Å². The smallest absolute Gasteiger partial charge is 0.224 e. The number of sulfonamides is 1. The first kappa shape index (κ1) is 16.4. The van der Waals surface area contributed by atoms with Gasteiger partial charge in [-0.1, -0.05) is 0 Å². The van der Waals surface area contributed by atoms with E-state index in [-0.39, 0.29) is 12.3 Å². The number of primary amides is 1. The molecule has 0 atom stereocenters. The molecule has 1 rings (SSSR count). The lowest BCUT2D eigenvalue weighted by atomic mass is 9.93. The monoisotopic (exact) mass is 291 g/mol. The summed E-state index contributed by atoms with van der Waals surface area (Å²) < 4.78 is 26.2. The highest BCUT2D eigenvalue weighted by molar-refractivity contribution is 7.89. The van der Waals surface area contributed by atoms with E-state index in [4.69, 9.17) is 5.73 Å². The number of carbonyl (C=O) groups is 1. The first-order valence-electron chi connectivity index (χ1n) is 6.71. The number of rotatable bonds is 7. The zero-order chi connectivity index (χ0) is 14.5. The summed E-state index contributed by atoms with van der Waals surface area (Å²) in [6.07, 6.45) is 2.73. The van der Waals surface area contributed by atoms with Gasteiger partial charge in [0.2, 0.25) is 15.9 Å². The lowest BCUT2D eigenvalue weighted by Crippen LogP contribution is -2.43. The van der Waals surface area contributed by atoms with E-state index in [1.165, 1.54) is 0 Å². The molecule has 1 aliphatic heterocycles. The molecule has 4 N–H and O–H groups in total. The zero-order valence-corrected chi connectivity index (χ0v) is 12.6. The van der Waals surface area contributed by atoms with Gasteiger partial charge in [-0.15, -0.1) is 0 Å². The quantitative estimate of drug-likeness (QED) is 0.605. The van der Waals surface area contributed by atoms with Gasteiger partial charge in [0.15, 0.2) is 0 Å². The van der Waals surface area contributed by atoms with E-state index < -0.39 is 21.3 Å². The molecule has 1 amide bonds. The van der Waals surface area contributed by atoms with E-state index in [0.29, 0.717) is 12.3 Å². The summed E-state index contributed by atoms with van der Waals surface area (Å²) in [5, 5.41) is 3.25. The van der Waals surface area contributed by atoms with Crippen molar-refractivity contribution in [2.45, 2.75) is 33.1 Å². The van der Waals surface area contributed by atoms with Crippen LogP contribution in [0.5, 0.6) is 0 Å². The summed E-state index contributed by atoms with van der Waals surface area (Å²) in [5.74, 6) is 0.0857. The number of carbonyl (C=O) groups excluding carboxylic acids is 1. The molecule has 1 heterocycles. The summed E-state index contributed by atoms with van der Waals surface area (Å²) in [6, 6.07) is 0. The Morgan fingerprint density at radius 1 is 1.37 bits per heavy atom. The van der Waals surface area contributed by atoms with Crippen molar-refractivity contribution in [3.8, 4) is 0 Å². The highest BCUT2D eigenvalue weighted by Crippen LogP contribution is 2.17. The Hall–Kier alpha value is -0.660. The molecule has 7 heteroatoms. The zero-order valence-electron chi connectivity index (χ0n) is 11.7. The lowest BCUT2D eigenvalue weighted by Gasteiger charge is -2.23. The number of piperidine rings is 1. The Bertz CT molecular complexity index is 400. The Labute approximate surface area is 115 Å². The van der Waals surface area contributed by atoms with Gasteiger partial charge in [0.25, 0.3) is 0 Å². The lowest BCUT2D eigenvalue weighted by molar-refractivity contribution is -0.125. The number of nitrogens with two attached hydrogens (primary N) is 1. The third kappa shape index (κ3) is 5.88. The van der Waals surface area contributed by atoms with Crippen LogP contribution >= 0.6 is 0 Å². The van der Waals surface area contributed by atoms with E-state index in [0.717, 1.165) is 25.9 Å². The third-order valence-corrected chi connectivity index (χ3v) is 5.01. The molecule has 0 saturated carbocycles. The van der Waals surface area contributed by atoms with E-state index in [1.807, 2.05) is 0 Å². The highest BCUT2D eigenvalue weighted by atomic mass is 32.2. The topological polar surface area (TPSA) is 101 Å². The van der Waals surface area contributed by atoms with Crippen LogP contribution in [-0.2, 0) is 14.8 Å². The predicted octanol–water partition coefficient (Wildman–Crippen LogP) is -0.193. The largest absolute Gasteiger partial charge is 0.369 e. The van der Waals surface area contributed by atoms with Crippen molar-refractivity contribution in [3.63, 3.8) is 0 Å². The molecule has 0 aromatic rings. The van der Waals surface area contributed by atoms with E-state index in [9.17, 15) is 13.2 Å². The second-order valence-corrected chi connectivity index (χ2v) is 7.80. The Balaban J connectivity index is 2.37. The summed E-state index contributed by atoms with van der Waals surface area (Å²) in [7, 11) is -3.33. The fraction of sp³-hybridized carbons (Fsp3) is 0.917. The van der Waals surface area contributed by atoms with Crippen molar-refractivity contribution in [1.82, 2.24) is 10.0 Å². The minimum absolute atomic E-state index is 0.0525. The van der Waals surface area contributed by atoms with Gasteiger partial charge in [-0.3, -0.25) is 4.79 Å². The maximum atomic E-state index is 11.9. The van der Waals surface area contributed by atoms with Gasteiger partial charge in [-0.2, -0.15) is 0 Å². The summed E-state index contributed by atoms with van der Waals surface area (Å²) in [4.78, 5) is 11.1. The molecule has 0 radical (unpaired) electrons. The molecule has 0 aromatic heterocycles. The fourth-order valence-electron chi connectivity index (χ4n) is 1.94. The van der Waals surface area contributed by atoms with Gasteiger partial charge in [-0.05, 0) is 52.1 Å². The van der Waals surface area contributed by atoms with Crippen LogP contribution in [0.25, 0.3) is 0 Å². The molecular weight excluding hydrogens is 266 g/mol. The number of hydrogen-bond donors (Lipinski definition) is 3. The Kier molecular flexibility index (Phi) is 5.76. The van der Waals surface area contributed by atoms with Crippen LogP contribution in [0.1, 0.15) is 33.1 Å². The van der Waals surface area contributed by atoms with Crippen LogP contribution in [0.4, 0.5) is 0 Å². The molecular formula is C12H25N3O3S. The fourth-order valence-corrected chi connectivity index (χ4v) is 3.31. The first-order chi connectivity index (χ1) is 8.73. The summed E-state index contributed by atoms with van der Waals surface area (Å²) >= 11 is 0. The van der Waals surface area contributed by atoms with Crippen LogP contribution in [0.15, 0.2) is 0 Å².